The molecule has 0 bridgehead atoms. The Balaban J connectivity index is 1.80. The molecule has 0 saturated carbocycles. The van der Waals surface area contributed by atoms with Gasteiger partial charge in [0.15, 0.2) is 0 Å². The highest BCUT2D eigenvalue weighted by molar-refractivity contribution is 5.98. The molecule has 0 atom stereocenters. The van der Waals surface area contributed by atoms with Crippen molar-refractivity contribution in [2.75, 3.05) is 44.7 Å². The van der Waals surface area contributed by atoms with E-state index in [2.05, 4.69) is 53.2 Å². The molecule has 1 fully saturated rings. The zero-order valence-electron chi connectivity index (χ0n) is 19.6. The fourth-order valence-electron chi connectivity index (χ4n) is 4.48. The van der Waals surface area contributed by atoms with Crippen molar-refractivity contribution in [3.63, 3.8) is 0 Å². The van der Waals surface area contributed by atoms with Crippen molar-refractivity contribution in [3.8, 4) is 0 Å². The highest BCUT2D eigenvalue weighted by atomic mass is 16.6. The molecule has 0 amide bonds. The number of anilines is 1. The van der Waals surface area contributed by atoms with Crippen molar-refractivity contribution in [3.05, 3.63) is 106 Å². The van der Waals surface area contributed by atoms with Crippen molar-refractivity contribution >= 4 is 22.5 Å². The van der Waals surface area contributed by atoms with Gasteiger partial charge in [0.1, 0.15) is 0 Å². The van der Waals surface area contributed by atoms with E-state index < -0.39 is 0 Å². The fraction of sp³-hybridized carbons (Fsp3) is 0.286. The Kier molecular flexibility index (Phi) is 7.72. The van der Waals surface area contributed by atoms with Gasteiger partial charge in [-0.3, -0.25) is 10.1 Å². The first-order valence-corrected chi connectivity index (χ1v) is 11.7. The Bertz CT molecular complexity index is 1120. The van der Waals surface area contributed by atoms with Gasteiger partial charge in [-0.2, -0.15) is 0 Å². The van der Waals surface area contributed by atoms with Crippen molar-refractivity contribution in [2.45, 2.75) is 12.8 Å². The van der Waals surface area contributed by atoms with Gasteiger partial charge in [0.2, 0.25) is 0 Å². The van der Waals surface area contributed by atoms with E-state index in [4.69, 9.17) is 0 Å². The first-order chi connectivity index (χ1) is 16.6. The number of nitro groups is 1. The van der Waals surface area contributed by atoms with Crippen LogP contribution in [0.4, 0.5) is 11.4 Å². The number of piperazine rings is 1. The monoisotopic (exact) mass is 457 g/mol. The van der Waals surface area contributed by atoms with Crippen LogP contribution in [0, 0.1) is 10.1 Å². The number of hydrogen-bond acceptors (Lipinski definition) is 5. The predicted octanol–water partition coefficient (Wildman–Crippen LogP) is 5.08. The third-order valence-electron chi connectivity index (χ3n) is 6.40. The highest BCUT2D eigenvalue weighted by Gasteiger charge is 2.18. The molecule has 1 N–H and O–H groups in total. The third-order valence-corrected chi connectivity index (χ3v) is 6.40. The van der Waals surface area contributed by atoms with Crippen molar-refractivity contribution in [2.24, 2.45) is 0 Å². The number of non-ortho nitro benzene ring substituents is 1. The number of rotatable bonds is 8. The maximum atomic E-state index is 11.2. The summed E-state index contributed by atoms with van der Waals surface area (Å²) in [6, 6.07) is 25.6. The second-order valence-electron chi connectivity index (χ2n) is 8.69. The summed E-state index contributed by atoms with van der Waals surface area (Å²) in [7, 11) is 2.15. The van der Waals surface area contributed by atoms with Gasteiger partial charge in [0.25, 0.3) is 5.69 Å². The molecule has 0 radical (unpaired) electrons. The number of allylic oxidation sites excluding steroid dienone is 1. The van der Waals surface area contributed by atoms with E-state index in [9.17, 15) is 15.2 Å². The summed E-state index contributed by atoms with van der Waals surface area (Å²) in [5, 5.41) is 20.8. The number of benzene rings is 3. The highest BCUT2D eigenvalue weighted by Crippen LogP contribution is 2.36. The number of likely N-dealkylation sites (N-methyl/N-ethyl adjacent to an activating group) is 1. The smallest absolute Gasteiger partial charge is 0.269 e. The Labute approximate surface area is 200 Å². The van der Waals surface area contributed by atoms with Crippen LogP contribution in [-0.2, 0) is 0 Å². The molecule has 0 spiro atoms. The van der Waals surface area contributed by atoms with Gasteiger partial charge < -0.3 is 14.9 Å². The molecule has 1 heterocycles. The van der Waals surface area contributed by atoms with Gasteiger partial charge in [-0.1, -0.05) is 42.5 Å². The molecule has 3 aromatic carbocycles. The second kappa shape index (κ2) is 11.1. The minimum atomic E-state index is -0.373. The molecule has 6 heteroatoms. The van der Waals surface area contributed by atoms with Crippen LogP contribution in [0.15, 0.2) is 78.9 Å². The molecule has 4 rings (SSSR count). The number of aliphatic hydroxyl groups excluding tert-OH is 1. The summed E-state index contributed by atoms with van der Waals surface area (Å²) in [6.07, 6.45) is 1.34. The first-order valence-electron chi connectivity index (χ1n) is 11.7. The van der Waals surface area contributed by atoms with Crippen molar-refractivity contribution < 1.29 is 10.0 Å². The lowest BCUT2D eigenvalue weighted by Gasteiger charge is -2.34. The summed E-state index contributed by atoms with van der Waals surface area (Å²) >= 11 is 0. The molecule has 1 aliphatic rings. The maximum Gasteiger partial charge on any atom is 0.269 e. The quantitative estimate of drug-likeness (QED) is 0.290. The Morgan fingerprint density at radius 2 is 1.44 bits per heavy atom. The van der Waals surface area contributed by atoms with Crippen molar-refractivity contribution in [1.82, 2.24) is 4.90 Å². The van der Waals surface area contributed by atoms with Gasteiger partial charge in [-0.15, -0.1) is 0 Å². The number of nitro benzene ring substituents is 1. The molecule has 3 aromatic rings. The zero-order valence-corrected chi connectivity index (χ0v) is 19.6. The van der Waals surface area contributed by atoms with Crippen LogP contribution in [0.2, 0.25) is 0 Å². The summed E-state index contributed by atoms with van der Waals surface area (Å²) in [4.78, 5) is 15.6. The maximum absolute atomic E-state index is 11.2. The van der Waals surface area contributed by atoms with Gasteiger partial charge >= 0.3 is 0 Å². The normalized spacial score (nSPS) is 15.2. The van der Waals surface area contributed by atoms with Crippen LogP contribution in [0.3, 0.4) is 0 Å². The molecule has 0 unspecified atom stereocenters. The molecule has 0 aromatic heterocycles. The van der Waals surface area contributed by atoms with E-state index in [1.54, 1.807) is 12.1 Å². The predicted molar refractivity (Wildman–Crippen MR) is 138 cm³/mol. The van der Waals surface area contributed by atoms with Crippen LogP contribution in [-0.4, -0.2) is 54.8 Å². The average molecular weight is 458 g/mol. The number of nitrogens with zero attached hydrogens (tertiary/aromatic N) is 3. The molecule has 1 saturated heterocycles. The van der Waals surface area contributed by atoms with Gasteiger partial charge in [-0.05, 0) is 72.0 Å². The van der Waals surface area contributed by atoms with E-state index in [0.717, 1.165) is 54.0 Å². The van der Waals surface area contributed by atoms with E-state index >= 15 is 0 Å². The summed E-state index contributed by atoms with van der Waals surface area (Å²) < 4.78 is 0. The average Bonchev–Trinajstić information content (AvgIpc) is 2.88. The first kappa shape index (κ1) is 23.7. The van der Waals surface area contributed by atoms with E-state index in [1.807, 2.05) is 30.3 Å². The molecule has 6 nitrogen and oxygen atoms in total. The lowest BCUT2D eigenvalue weighted by Crippen LogP contribution is -2.44. The molecule has 1 aliphatic heterocycles. The standard InChI is InChI=1S/C28H31N3O3/c1-29-17-19-30(20-18-29)25-13-9-23(10-14-25)28(24-11-15-26(16-12-24)31(33)34)27(8-5-21-32)22-6-3-2-4-7-22/h2-4,6-7,9-16,32H,5,8,17-21H2,1H3/b28-27+. The fourth-order valence-corrected chi connectivity index (χ4v) is 4.48. The lowest BCUT2D eigenvalue weighted by molar-refractivity contribution is -0.384. The van der Waals surface area contributed by atoms with Gasteiger partial charge in [0, 0.05) is 50.6 Å². The van der Waals surface area contributed by atoms with Gasteiger partial charge in [-0.25, -0.2) is 0 Å². The largest absolute Gasteiger partial charge is 0.396 e. The molecule has 0 aliphatic carbocycles. The van der Waals surface area contributed by atoms with Crippen LogP contribution in [0.25, 0.3) is 11.1 Å². The molecular formula is C28H31N3O3. The lowest BCUT2D eigenvalue weighted by atomic mass is 9.87. The summed E-state index contributed by atoms with van der Waals surface area (Å²) in [5.74, 6) is 0. The number of aliphatic hydroxyl groups is 1. The summed E-state index contributed by atoms with van der Waals surface area (Å²) in [5.41, 5.74) is 6.52. The van der Waals surface area contributed by atoms with Crippen LogP contribution in [0.5, 0.6) is 0 Å². The Morgan fingerprint density at radius 1 is 0.853 bits per heavy atom. The molecule has 176 valence electrons. The van der Waals surface area contributed by atoms with Crippen LogP contribution >= 0.6 is 0 Å². The molecular weight excluding hydrogens is 426 g/mol. The molecule has 34 heavy (non-hydrogen) atoms. The van der Waals surface area contributed by atoms with E-state index in [-0.39, 0.29) is 17.2 Å². The summed E-state index contributed by atoms with van der Waals surface area (Å²) in [6.45, 7) is 4.22. The third kappa shape index (κ3) is 5.53. The minimum Gasteiger partial charge on any atom is -0.396 e. The minimum absolute atomic E-state index is 0.0742. The van der Waals surface area contributed by atoms with Crippen molar-refractivity contribution in [1.29, 1.82) is 0 Å². The van der Waals surface area contributed by atoms with E-state index in [0.29, 0.717) is 12.8 Å². The Morgan fingerprint density at radius 3 is 2.00 bits per heavy atom. The second-order valence-corrected chi connectivity index (χ2v) is 8.69. The number of hydrogen-bond donors (Lipinski definition) is 1. The SMILES string of the molecule is CN1CCN(c2ccc(/C(=C(/CCCO)c3ccccc3)c3ccc([N+](=O)[O-])cc3)cc2)CC1. The topological polar surface area (TPSA) is 69.8 Å². The van der Waals surface area contributed by atoms with Crippen LogP contribution < -0.4 is 4.90 Å². The van der Waals surface area contributed by atoms with Gasteiger partial charge in [0.05, 0.1) is 4.92 Å². The Hall–Kier alpha value is -3.48. The zero-order chi connectivity index (χ0) is 23.9. The van der Waals surface area contributed by atoms with Crippen LogP contribution in [0.1, 0.15) is 29.5 Å². The van der Waals surface area contributed by atoms with E-state index in [1.165, 1.54) is 5.69 Å².